The van der Waals surface area contributed by atoms with Gasteiger partial charge in [-0.3, -0.25) is 9.59 Å². The second kappa shape index (κ2) is 14.4. The van der Waals surface area contributed by atoms with Crippen molar-refractivity contribution in [2.75, 3.05) is 26.2 Å². The third-order valence-electron chi connectivity index (χ3n) is 12.9. The Balaban J connectivity index is 0.000000159. The molecule has 2 saturated heterocycles. The van der Waals surface area contributed by atoms with Gasteiger partial charge >= 0.3 is 0 Å². The lowest BCUT2D eigenvalue weighted by molar-refractivity contribution is -0.131. The number of aromatic amines is 1. The number of H-pyrrole nitrogens is 1. The first-order valence-corrected chi connectivity index (χ1v) is 19.5. The van der Waals surface area contributed by atoms with Crippen LogP contribution in [0.4, 0.5) is 0 Å². The quantitative estimate of drug-likeness (QED) is 0.136. The number of amides is 2. The van der Waals surface area contributed by atoms with E-state index in [1.807, 2.05) is 30.3 Å². The number of fused-ring (bicyclic) bond motifs is 2. The number of likely N-dealkylation sites (tertiary alicyclic amines) is 2. The number of rotatable bonds is 14. The molecule has 2 aromatic carbocycles. The van der Waals surface area contributed by atoms with E-state index in [-0.39, 0.29) is 22.7 Å². The van der Waals surface area contributed by atoms with Gasteiger partial charge in [0.25, 0.3) is 0 Å². The molecule has 51 heavy (non-hydrogen) atoms. The molecule has 0 bridgehead atoms. The third-order valence-corrected chi connectivity index (χ3v) is 12.9. The Morgan fingerprint density at radius 1 is 0.725 bits per heavy atom. The van der Waals surface area contributed by atoms with E-state index in [9.17, 15) is 9.59 Å². The predicted molar refractivity (Wildman–Crippen MR) is 203 cm³/mol. The summed E-state index contributed by atoms with van der Waals surface area (Å²) < 4.78 is 2.04. The maximum atomic E-state index is 12.9. The van der Waals surface area contributed by atoms with Gasteiger partial charge in [0, 0.05) is 49.6 Å². The van der Waals surface area contributed by atoms with Gasteiger partial charge in [-0.25, -0.2) is 9.97 Å². The van der Waals surface area contributed by atoms with Crippen LogP contribution in [0.2, 0.25) is 0 Å². The Bertz CT molecular complexity index is 1830. The number of carbonyl (C=O) groups excluding carboxylic acids is 2. The van der Waals surface area contributed by atoms with Crippen molar-refractivity contribution in [1.82, 2.24) is 29.3 Å². The molecule has 4 heterocycles. The van der Waals surface area contributed by atoms with Gasteiger partial charge in [-0.15, -0.1) is 0 Å². The van der Waals surface area contributed by atoms with Gasteiger partial charge in [0.15, 0.2) is 0 Å². The topological polar surface area (TPSA) is 87.1 Å². The van der Waals surface area contributed by atoms with Gasteiger partial charge < -0.3 is 19.4 Å². The molecule has 2 amide bonds. The molecule has 0 radical (unpaired) electrons. The molecule has 6 unspecified atom stereocenters. The van der Waals surface area contributed by atoms with Crippen LogP contribution in [0.25, 0.3) is 22.5 Å². The van der Waals surface area contributed by atoms with Crippen LogP contribution in [0.5, 0.6) is 0 Å². The molecule has 2 aromatic heterocycles. The molecule has 4 fully saturated rings. The van der Waals surface area contributed by atoms with Crippen molar-refractivity contribution in [2.45, 2.75) is 89.9 Å². The highest BCUT2D eigenvalue weighted by atomic mass is 16.2. The van der Waals surface area contributed by atoms with Gasteiger partial charge in [0.2, 0.25) is 11.8 Å². The number of aryl methyl sites for hydroxylation is 1. The molecule has 8 heteroatoms. The van der Waals surface area contributed by atoms with Crippen molar-refractivity contribution in [2.24, 2.45) is 30.7 Å². The highest BCUT2D eigenvalue weighted by Crippen LogP contribution is 2.65. The van der Waals surface area contributed by atoms with Gasteiger partial charge in [-0.2, -0.15) is 0 Å². The number of hydrogen-bond acceptors (Lipinski definition) is 4. The highest BCUT2D eigenvalue weighted by Gasteiger charge is 2.71. The fourth-order valence-corrected chi connectivity index (χ4v) is 9.43. The van der Waals surface area contributed by atoms with Crippen LogP contribution in [-0.4, -0.2) is 67.3 Å². The molecule has 4 aromatic rings. The molecule has 0 spiro atoms. The standard InChI is InChI=1S/C22H29N3O.C21H27N3O/c1-4-5-6-7-11-25-14-18-20(21(25)26)22(18,2)17-10-8-9-16(12-17)19-13-23-15-24(19)3;1-3-4-5-6-10-24-13-17-19(20(24)25)21(17,2)16-9-7-8-15(11-16)18-12-22-14-23-18/h8-10,12-13,15,18,20H,4-7,11,14H2,1-3H3;7-9,11-12,14,17,19H,3-6,10,13H2,1-2H3,(H,22,23). The van der Waals surface area contributed by atoms with Crippen LogP contribution < -0.4 is 0 Å². The number of unbranched alkanes of at least 4 members (excludes halogenated alkanes) is 6. The Morgan fingerprint density at radius 2 is 1.27 bits per heavy atom. The minimum absolute atomic E-state index is 0.00556. The summed E-state index contributed by atoms with van der Waals surface area (Å²) in [6, 6.07) is 17.3. The lowest BCUT2D eigenvalue weighted by Crippen LogP contribution is -2.34. The van der Waals surface area contributed by atoms with Crippen LogP contribution in [-0.2, 0) is 27.5 Å². The molecule has 270 valence electrons. The summed E-state index contributed by atoms with van der Waals surface area (Å²) in [4.78, 5) is 41.4. The van der Waals surface area contributed by atoms with E-state index in [0.717, 1.165) is 56.0 Å². The van der Waals surface area contributed by atoms with Gasteiger partial charge in [-0.1, -0.05) is 103 Å². The van der Waals surface area contributed by atoms with Crippen LogP contribution in [0.15, 0.2) is 73.6 Å². The minimum atomic E-state index is 0.00556. The van der Waals surface area contributed by atoms with Crippen LogP contribution in [0.3, 0.4) is 0 Å². The average Bonchev–Trinajstić information content (AvgIpc) is 3.56. The number of imidazole rings is 2. The van der Waals surface area contributed by atoms with Crippen molar-refractivity contribution >= 4 is 11.8 Å². The average molecular weight is 689 g/mol. The molecule has 2 aliphatic carbocycles. The van der Waals surface area contributed by atoms with Gasteiger partial charge in [0.05, 0.1) is 48.3 Å². The summed E-state index contributed by atoms with van der Waals surface area (Å²) in [5.74, 6) is 2.05. The van der Waals surface area contributed by atoms with Crippen molar-refractivity contribution in [3.8, 4) is 22.5 Å². The molecule has 8 rings (SSSR count). The first-order valence-electron chi connectivity index (χ1n) is 19.5. The molecular weight excluding hydrogens is 633 g/mol. The third kappa shape index (κ3) is 6.44. The van der Waals surface area contributed by atoms with E-state index < -0.39 is 0 Å². The fourth-order valence-electron chi connectivity index (χ4n) is 9.43. The van der Waals surface area contributed by atoms with Crippen molar-refractivity contribution in [3.63, 3.8) is 0 Å². The van der Waals surface area contributed by atoms with Crippen molar-refractivity contribution in [3.05, 3.63) is 84.7 Å². The summed E-state index contributed by atoms with van der Waals surface area (Å²) in [5, 5.41) is 0. The maximum Gasteiger partial charge on any atom is 0.226 e. The number of carbonyl (C=O) groups is 2. The van der Waals surface area contributed by atoms with E-state index in [1.165, 1.54) is 55.2 Å². The van der Waals surface area contributed by atoms with Crippen molar-refractivity contribution < 1.29 is 9.59 Å². The molecule has 4 aliphatic rings. The second-order valence-electron chi connectivity index (χ2n) is 15.9. The number of hydrogen-bond donors (Lipinski definition) is 1. The Morgan fingerprint density at radius 3 is 1.73 bits per heavy atom. The first-order chi connectivity index (χ1) is 24.7. The Kier molecular flexibility index (Phi) is 9.97. The van der Waals surface area contributed by atoms with Gasteiger partial charge in [0.1, 0.15) is 0 Å². The monoisotopic (exact) mass is 688 g/mol. The van der Waals surface area contributed by atoms with E-state index in [4.69, 9.17) is 0 Å². The number of nitrogens with one attached hydrogen (secondary N) is 1. The molecule has 2 saturated carbocycles. The molecule has 2 aliphatic heterocycles. The molecule has 6 atom stereocenters. The van der Waals surface area contributed by atoms with E-state index >= 15 is 0 Å². The maximum absolute atomic E-state index is 12.9. The zero-order valence-corrected chi connectivity index (χ0v) is 31.3. The van der Waals surface area contributed by atoms with E-state index in [1.54, 1.807) is 6.33 Å². The SMILES string of the molecule is CCCCCCN1CC2C(C1=O)C2(C)c1cccc(-c2cnc[nH]2)c1.CCCCCCN1CC2C(C1=O)C2(C)c1cccc(-c2cncn2C)c1. The molecule has 8 nitrogen and oxygen atoms in total. The Hall–Kier alpha value is -4.20. The molecular formula is C43H56N6O2. The Labute approximate surface area is 304 Å². The number of nitrogens with zero attached hydrogens (tertiary/aromatic N) is 5. The number of benzene rings is 2. The van der Waals surface area contributed by atoms with E-state index in [0.29, 0.717) is 23.7 Å². The van der Waals surface area contributed by atoms with Crippen LogP contribution in [0.1, 0.15) is 90.2 Å². The summed E-state index contributed by atoms with van der Waals surface area (Å²) in [6.07, 6.45) is 17.1. The summed E-state index contributed by atoms with van der Waals surface area (Å²) in [5.41, 5.74) is 7.06. The summed E-state index contributed by atoms with van der Waals surface area (Å²) >= 11 is 0. The molecule has 1 N–H and O–H groups in total. The number of piperidine rings is 2. The lowest BCUT2D eigenvalue weighted by atomic mass is 9.90. The largest absolute Gasteiger partial charge is 0.345 e. The number of aromatic nitrogens is 4. The first kappa shape index (κ1) is 35.2. The highest BCUT2D eigenvalue weighted by molar-refractivity contribution is 5.89. The minimum Gasteiger partial charge on any atom is -0.345 e. The van der Waals surface area contributed by atoms with Gasteiger partial charge in [-0.05, 0) is 53.5 Å². The normalized spacial score (nSPS) is 27.3. The van der Waals surface area contributed by atoms with Crippen molar-refractivity contribution in [1.29, 1.82) is 0 Å². The smallest absolute Gasteiger partial charge is 0.226 e. The zero-order valence-electron chi connectivity index (χ0n) is 31.3. The van der Waals surface area contributed by atoms with Crippen LogP contribution >= 0.6 is 0 Å². The zero-order chi connectivity index (χ0) is 35.8. The van der Waals surface area contributed by atoms with Crippen LogP contribution in [0, 0.1) is 23.7 Å². The summed E-state index contributed by atoms with van der Waals surface area (Å²) in [6.45, 7) is 12.7. The second-order valence-corrected chi connectivity index (χ2v) is 15.9. The summed E-state index contributed by atoms with van der Waals surface area (Å²) in [7, 11) is 2.02. The van der Waals surface area contributed by atoms with E-state index in [2.05, 4.69) is 101 Å². The predicted octanol–water partition coefficient (Wildman–Crippen LogP) is 8.02. The lowest BCUT2D eigenvalue weighted by Gasteiger charge is -2.25. The fraction of sp³-hybridized carbons (Fsp3) is 0.535.